The van der Waals surface area contributed by atoms with Gasteiger partial charge in [-0.3, -0.25) is 4.98 Å². The maximum absolute atomic E-state index is 11.6. The number of aromatic nitrogens is 3. The van der Waals surface area contributed by atoms with Crippen molar-refractivity contribution >= 4 is 53.4 Å². The number of nitrogens with one attached hydrogen (secondary N) is 1. The van der Waals surface area contributed by atoms with Crippen molar-refractivity contribution in [1.29, 1.82) is 0 Å². The quantitative estimate of drug-likeness (QED) is 0.714. The van der Waals surface area contributed by atoms with E-state index in [9.17, 15) is 4.79 Å². The van der Waals surface area contributed by atoms with Crippen LogP contribution >= 0.6 is 47.8 Å². The lowest BCUT2D eigenvalue weighted by molar-refractivity contribution is 0.890. The highest BCUT2D eigenvalue weighted by molar-refractivity contribution is 9.38. The van der Waals surface area contributed by atoms with Crippen molar-refractivity contribution in [2.75, 3.05) is 0 Å². The molecule has 4 nitrogen and oxygen atoms in total. The molecule has 1 aromatic heterocycles. The Morgan fingerprint density at radius 1 is 1.16 bits per heavy atom. The van der Waals surface area contributed by atoms with E-state index in [2.05, 4.69) is 69.3 Å². The minimum absolute atomic E-state index is 0.285. The second kappa shape index (κ2) is 5.68. The molecule has 0 radical (unpaired) electrons. The van der Waals surface area contributed by atoms with Crippen LogP contribution in [0, 0.1) is 0 Å². The van der Waals surface area contributed by atoms with Gasteiger partial charge in [0.25, 0.3) is 0 Å². The number of H-pyrrole nitrogens is 1. The average molecular weight is 450 g/mol. The smallest absolute Gasteiger partial charge is 0.291 e. The lowest BCUT2D eigenvalue weighted by atomic mass is 10.1. The normalized spacial score (nSPS) is 11.3. The first-order valence-electron chi connectivity index (χ1n) is 5.18. The van der Waals surface area contributed by atoms with Gasteiger partial charge in [0.05, 0.1) is 0 Å². The van der Waals surface area contributed by atoms with Crippen molar-refractivity contribution in [2.24, 2.45) is 0 Å². The molecule has 0 spiro atoms. The van der Waals surface area contributed by atoms with Crippen LogP contribution < -0.4 is 5.69 Å². The molecule has 0 aliphatic heterocycles. The minimum atomic E-state index is -0.805. The molecule has 2 aromatic rings. The molecule has 0 atom stereocenters. The molecule has 98 valence electrons. The van der Waals surface area contributed by atoms with Gasteiger partial charge in [0.1, 0.15) is 0 Å². The zero-order chi connectivity index (χ0) is 14.0. The van der Waals surface area contributed by atoms with Crippen LogP contribution in [0.25, 0.3) is 5.57 Å². The van der Waals surface area contributed by atoms with E-state index >= 15 is 0 Å². The van der Waals surface area contributed by atoms with Crippen LogP contribution in [0.5, 0.6) is 0 Å². The number of rotatable bonds is 2. The summed E-state index contributed by atoms with van der Waals surface area (Å²) in [5.41, 5.74) is 0.966. The van der Waals surface area contributed by atoms with Crippen LogP contribution in [-0.2, 0) is 2.14 Å². The van der Waals surface area contributed by atoms with Gasteiger partial charge in [-0.15, -0.1) is 0 Å². The Morgan fingerprint density at radius 3 is 2.37 bits per heavy atom. The molecule has 7 heteroatoms. The van der Waals surface area contributed by atoms with Crippen LogP contribution in [0.1, 0.15) is 17.2 Å². The van der Waals surface area contributed by atoms with E-state index in [1.54, 1.807) is 0 Å². The number of hydrogen-bond donors (Lipinski definition) is 1. The molecule has 0 bridgehead atoms. The van der Waals surface area contributed by atoms with Gasteiger partial charge in [0, 0.05) is 5.57 Å². The number of aromatic amines is 1. The minimum Gasteiger partial charge on any atom is -0.291 e. The summed E-state index contributed by atoms with van der Waals surface area (Å²) in [7, 11) is 0. The van der Waals surface area contributed by atoms with E-state index < -0.39 is 7.83 Å². The van der Waals surface area contributed by atoms with Crippen molar-refractivity contribution in [3.8, 4) is 0 Å². The van der Waals surface area contributed by atoms with Crippen molar-refractivity contribution in [2.45, 2.75) is 2.14 Å². The van der Waals surface area contributed by atoms with E-state index in [-0.39, 0.29) is 5.82 Å². The highest BCUT2D eigenvalue weighted by Crippen LogP contribution is 2.42. The summed E-state index contributed by atoms with van der Waals surface area (Å²) in [5.74, 6) is 0.646. The number of alkyl halides is 3. The fraction of sp³-hybridized carbons (Fsp3) is 0.0833. The lowest BCUT2D eigenvalue weighted by Gasteiger charge is -2.12. The van der Waals surface area contributed by atoms with E-state index in [0.29, 0.717) is 11.4 Å². The molecule has 19 heavy (non-hydrogen) atoms. The molecule has 0 saturated heterocycles. The number of nitrogens with zero attached hydrogens (tertiary/aromatic N) is 2. The third-order valence-corrected chi connectivity index (χ3v) is 3.44. The first kappa shape index (κ1) is 14.6. The molecule has 1 aromatic carbocycles. The SMILES string of the molecule is C=C(c1ccccc1)c1nc(C(Br)(Br)Br)[nH]c(=O)n1. The van der Waals surface area contributed by atoms with Crippen LogP contribution in [0.15, 0.2) is 41.7 Å². The summed E-state index contributed by atoms with van der Waals surface area (Å²) in [6, 6.07) is 9.45. The highest BCUT2D eigenvalue weighted by Gasteiger charge is 2.25. The number of hydrogen-bond acceptors (Lipinski definition) is 3. The first-order valence-corrected chi connectivity index (χ1v) is 7.56. The van der Waals surface area contributed by atoms with Gasteiger partial charge in [-0.05, 0) is 5.56 Å². The molecular weight excluding hydrogens is 442 g/mol. The van der Waals surface area contributed by atoms with Gasteiger partial charge in [-0.25, -0.2) is 9.78 Å². The van der Waals surface area contributed by atoms with E-state index in [1.165, 1.54) is 0 Å². The Balaban J connectivity index is 2.50. The van der Waals surface area contributed by atoms with Crippen LogP contribution in [0.2, 0.25) is 0 Å². The van der Waals surface area contributed by atoms with Crippen LogP contribution in [0.4, 0.5) is 0 Å². The maximum atomic E-state index is 11.6. The molecule has 0 fully saturated rings. The van der Waals surface area contributed by atoms with Crippen molar-refractivity contribution in [3.63, 3.8) is 0 Å². The van der Waals surface area contributed by atoms with Gasteiger partial charge < -0.3 is 0 Å². The Morgan fingerprint density at radius 2 is 1.79 bits per heavy atom. The molecule has 0 saturated carbocycles. The van der Waals surface area contributed by atoms with Gasteiger partial charge in [0.2, 0.25) is 0 Å². The molecule has 0 amide bonds. The predicted molar refractivity (Wildman–Crippen MR) is 85.7 cm³/mol. The van der Waals surface area contributed by atoms with Crippen molar-refractivity contribution in [1.82, 2.24) is 15.0 Å². The van der Waals surface area contributed by atoms with Crippen LogP contribution in [-0.4, -0.2) is 15.0 Å². The lowest BCUT2D eigenvalue weighted by Crippen LogP contribution is -2.21. The Hall–Kier alpha value is -0.790. The van der Waals surface area contributed by atoms with E-state index in [0.717, 1.165) is 5.56 Å². The third-order valence-electron chi connectivity index (χ3n) is 2.31. The molecule has 2 rings (SSSR count). The first-order chi connectivity index (χ1) is 8.88. The average Bonchev–Trinajstić information content (AvgIpc) is 2.37. The van der Waals surface area contributed by atoms with Crippen molar-refractivity contribution < 1.29 is 0 Å². The molecule has 0 unspecified atom stereocenters. The van der Waals surface area contributed by atoms with Crippen LogP contribution in [0.3, 0.4) is 0 Å². The van der Waals surface area contributed by atoms with Gasteiger partial charge in [0.15, 0.2) is 13.8 Å². The van der Waals surface area contributed by atoms with Gasteiger partial charge in [-0.1, -0.05) is 84.7 Å². The van der Waals surface area contributed by atoms with E-state index in [4.69, 9.17) is 0 Å². The molecule has 0 aliphatic rings. The fourth-order valence-electron chi connectivity index (χ4n) is 1.42. The standard InChI is InChI=1S/C12H8Br3N3O/c1-7(8-5-3-2-4-6-8)9-16-10(12(13,14)15)18-11(19)17-9/h2-6H,1H2,(H,16,17,18,19). The summed E-state index contributed by atoms with van der Waals surface area (Å²) in [6.45, 7) is 3.94. The molecule has 0 aliphatic carbocycles. The topological polar surface area (TPSA) is 58.6 Å². The summed E-state index contributed by atoms with van der Waals surface area (Å²) in [5, 5.41) is 0. The molecule has 1 heterocycles. The zero-order valence-electron chi connectivity index (χ0n) is 9.53. The zero-order valence-corrected chi connectivity index (χ0v) is 14.3. The second-order valence-corrected chi connectivity index (χ2v) is 10.4. The molecule has 1 N–H and O–H groups in total. The Labute approximate surface area is 134 Å². The maximum Gasteiger partial charge on any atom is 0.348 e. The summed E-state index contributed by atoms with van der Waals surface area (Å²) >= 11 is 9.91. The van der Waals surface area contributed by atoms with E-state index in [1.807, 2.05) is 30.3 Å². The third kappa shape index (κ3) is 3.61. The monoisotopic (exact) mass is 447 g/mol. The van der Waals surface area contributed by atoms with Gasteiger partial charge in [-0.2, -0.15) is 4.98 Å². The van der Waals surface area contributed by atoms with Crippen molar-refractivity contribution in [3.05, 3.63) is 64.6 Å². The molecular formula is C12H8Br3N3O. The summed E-state index contributed by atoms with van der Waals surface area (Å²) in [6.07, 6.45) is 0. The predicted octanol–water partition coefficient (Wildman–Crippen LogP) is 3.52. The fourth-order valence-corrected chi connectivity index (χ4v) is 1.99. The summed E-state index contributed by atoms with van der Waals surface area (Å²) in [4.78, 5) is 22.2. The number of halogens is 3. The van der Waals surface area contributed by atoms with Gasteiger partial charge >= 0.3 is 5.69 Å². The second-order valence-electron chi connectivity index (χ2n) is 3.67. The Kier molecular flexibility index (Phi) is 4.37. The largest absolute Gasteiger partial charge is 0.348 e. The summed E-state index contributed by atoms with van der Waals surface area (Å²) < 4.78 is -0.805. The Bertz CT molecular complexity index is 662. The highest BCUT2D eigenvalue weighted by atomic mass is 80.0. The number of benzene rings is 1.